The van der Waals surface area contributed by atoms with E-state index in [1.165, 1.54) is 0 Å². The quantitative estimate of drug-likeness (QED) is 0.222. The van der Waals surface area contributed by atoms with Crippen molar-refractivity contribution in [1.29, 1.82) is 0 Å². The molecule has 0 saturated carbocycles. The lowest BCUT2D eigenvalue weighted by Crippen LogP contribution is -2.06. The third-order valence-electron chi connectivity index (χ3n) is 7.56. The number of oxazole rings is 1. The lowest BCUT2D eigenvalue weighted by atomic mass is 10.1. The molecule has 0 spiro atoms. The van der Waals surface area contributed by atoms with Gasteiger partial charge in [-0.1, -0.05) is 90.0 Å². The van der Waals surface area contributed by atoms with E-state index in [0.29, 0.717) is 29.1 Å². The summed E-state index contributed by atoms with van der Waals surface area (Å²) in [5.74, 6) is 2.23. The zero-order chi connectivity index (χ0) is 28.2. The van der Waals surface area contributed by atoms with E-state index in [2.05, 4.69) is 73.0 Å². The topological polar surface area (TPSA) is 69.6 Å². The van der Waals surface area contributed by atoms with Crippen LogP contribution in [0, 0.1) is 13.8 Å². The number of fused-ring (bicyclic) bond motifs is 4. The Kier molecular flexibility index (Phi) is 5.47. The first-order valence-electron chi connectivity index (χ1n) is 13.9. The summed E-state index contributed by atoms with van der Waals surface area (Å²) in [6, 6.07) is 38.9. The van der Waals surface area contributed by atoms with Crippen molar-refractivity contribution in [3.63, 3.8) is 0 Å². The average Bonchev–Trinajstić information content (AvgIpc) is 3.61. The van der Waals surface area contributed by atoms with Crippen LogP contribution in [0.4, 0.5) is 0 Å². The number of aromatic nitrogens is 5. The summed E-state index contributed by atoms with van der Waals surface area (Å²) in [6.07, 6.45) is 0. The molecule has 0 atom stereocenters. The van der Waals surface area contributed by atoms with Gasteiger partial charge in [-0.3, -0.25) is 4.57 Å². The van der Waals surface area contributed by atoms with Gasteiger partial charge in [-0.2, -0.15) is 9.97 Å². The molecule has 0 saturated heterocycles. The highest BCUT2D eigenvalue weighted by Crippen LogP contribution is 2.35. The van der Waals surface area contributed by atoms with Crippen molar-refractivity contribution in [1.82, 2.24) is 24.5 Å². The Morgan fingerprint density at radius 2 is 1.19 bits per heavy atom. The fourth-order valence-electron chi connectivity index (χ4n) is 5.79. The third-order valence-corrected chi connectivity index (χ3v) is 7.56. The van der Waals surface area contributed by atoms with Crippen LogP contribution in [0.25, 0.3) is 73.1 Å². The van der Waals surface area contributed by atoms with Crippen LogP contribution in [-0.4, -0.2) is 24.5 Å². The minimum Gasteiger partial charge on any atom is -0.435 e. The molecule has 3 heterocycles. The SMILES string of the molecule is Cc1cc(C)cc(-c2nc3cccc(-c4nc(-c5ccccc5)nc(-n5c6ccccc6c6ccccc65)n4)c3o2)c1. The summed E-state index contributed by atoms with van der Waals surface area (Å²) in [6.45, 7) is 4.16. The van der Waals surface area contributed by atoms with Crippen molar-refractivity contribution in [2.45, 2.75) is 13.8 Å². The van der Waals surface area contributed by atoms with E-state index < -0.39 is 0 Å². The van der Waals surface area contributed by atoms with Crippen LogP contribution in [0.2, 0.25) is 0 Å². The van der Waals surface area contributed by atoms with Gasteiger partial charge < -0.3 is 4.42 Å². The van der Waals surface area contributed by atoms with E-state index >= 15 is 0 Å². The molecular formula is C36H25N5O. The van der Waals surface area contributed by atoms with Gasteiger partial charge in [0.1, 0.15) is 5.52 Å². The highest BCUT2D eigenvalue weighted by atomic mass is 16.3. The van der Waals surface area contributed by atoms with Gasteiger partial charge in [0.15, 0.2) is 17.2 Å². The van der Waals surface area contributed by atoms with Crippen molar-refractivity contribution in [3.8, 4) is 40.2 Å². The minimum atomic E-state index is 0.523. The molecule has 3 aromatic heterocycles. The zero-order valence-corrected chi connectivity index (χ0v) is 23.1. The van der Waals surface area contributed by atoms with Gasteiger partial charge in [0.2, 0.25) is 11.8 Å². The number of rotatable bonds is 4. The maximum absolute atomic E-state index is 6.45. The molecule has 0 fully saturated rings. The van der Waals surface area contributed by atoms with Crippen molar-refractivity contribution >= 4 is 32.9 Å². The van der Waals surface area contributed by atoms with E-state index in [1.54, 1.807) is 0 Å². The lowest BCUT2D eigenvalue weighted by molar-refractivity contribution is 0.620. The van der Waals surface area contributed by atoms with E-state index in [-0.39, 0.29) is 0 Å². The summed E-state index contributed by atoms with van der Waals surface area (Å²) in [5.41, 5.74) is 8.39. The molecule has 8 aromatic rings. The Morgan fingerprint density at radius 3 is 1.90 bits per heavy atom. The van der Waals surface area contributed by atoms with Crippen molar-refractivity contribution in [3.05, 3.63) is 126 Å². The normalized spacial score (nSPS) is 11.6. The summed E-state index contributed by atoms with van der Waals surface area (Å²) in [4.78, 5) is 19.9. The largest absolute Gasteiger partial charge is 0.435 e. The van der Waals surface area contributed by atoms with Crippen LogP contribution in [0.5, 0.6) is 0 Å². The van der Waals surface area contributed by atoms with Crippen molar-refractivity contribution in [2.24, 2.45) is 0 Å². The van der Waals surface area contributed by atoms with Crippen LogP contribution in [0.15, 0.2) is 120 Å². The van der Waals surface area contributed by atoms with E-state index in [9.17, 15) is 0 Å². The second-order valence-electron chi connectivity index (χ2n) is 10.6. The molecule has 5 aromatic carbocycles. The Morgan fingerprint density at radius 1 is 0.548 bits per heavy atom. The number of hydrogen-bond donors (Lipinski definition) is 0. The zero-order valence-electron chi connectivity index (χ0n) is 23.1. The van der Waals surface area contributed by atoms with Crippen LogP contribution in [0.3, 0.4) is 0 Å². The fraction of sp³-hybridized carbons (Fsp3) is 0.0556. The summed E-state index contributed by atoms with van der Waals surface area (Å²) >= 11 is 0. The van der Waals surface area contributed by atoms with Crippen LogP contribution in [0.1, 0.15) is 11.1 Å². The number of hydrogen-bond acceptors (Lipinski definition) is 5. The molecule has 0 radical (unpaired) electrons. The third kappa shape index (κ3) is 3.96. The van der Waals surface area contributed by atoms with E-state index in [1.807, 2.05) is 60.7 Å². The molecule has 6 nitrogen and oxygen atoms in total. The lowest BCUT2D eigenvalue weighted by Gasteiger charge is -2.11. The maximum Gasteiger partial charge on any atom is 0.238 e. The molecule has 8 rings (SSSR count). The second-order valence-corrected chi connectivity index (χ2v) is 10.6. The number of para-hydroxylation sites is 3. The Hall–Kier alpha value is -5.62. The second kappa shape index (κ2) is 9.49. The first-order chi connectivity index (χ1) is 20.6. The standard InChI is InChI=1S/C36H25N5O/c1-22-19-23(2)21-25(20-22)35-37-29-16-10-15-28(32(29)42-35)34-38-33(24-11-4-3-5-12-24)39-36(40-34)41-30-17-8-6-13-26(30)27-14-7-9-18-31(27)41/h3-21H,1-2H3. The van der Waals surface area contributed by atoms with Crippen molar-refractivity contribution < 1.29 is 4.42 Å². The van der Waals surface area contributed by atoms with Gasteiger partial charge >= 0.3 is 0 Å². The van der Waals surface area contributed by atoms with Gasteiger partial charge in [-0.15, -0.1) is 0 Å². The molecule has 0 aliphatic heterocycles. The highest BCUT2D eigenvalue weighted by molar-refractivity contribution is 6.09. The van der Waals surface area contributed by atoms with Crippen LogP contribution in [-0.2, 0) is 0 Å². The highest BCUT2D eigenvalue weighted by Gasteiger charge is 2.20. The average molecular weight is 544 g/mol. The predicted octanol–water partition coefficient (Wildman–Crippen LogP) is 8.73. The van der Waals surface area contributed by atoms with Crippen molar-refractivity contribution in [2.75, 3.05) is 0 Å². The number of benzene rings is 5. The Bertz CT molecular complexity index is 2210. The molecule has 0 unspecified atom stereocenters. The first-order valence-corrected chi connectivity index (χ1v) is 13.9. The fourth-order valence-corrected chi connectivity index (χ4v) is 5.79. The smallest absolute Gasteiger partial charge is 0.238 e. The molecule has 200 valence electrons. The van der Waals surface area contributed by atoms with Crippen LogP contribution < -0.4 is 0 Å². The molecule has 0 bridgehead atoms. The van der Waals surface area contributed by atoms with Crippen LogP contribution >= 0.6 is 0 Å². The molecule has 6 heteroatoms. The maximum atomic E-state index is 6.45. The summed E-state index contributed by atoms with van der Waals surface area (Å²) < 4.78 is 8.56. The summed E-state index contributed by atoms with van der Waals surface area (Å²) in [7, 11) is 0. The molecule has 0 aliphatic carbocycles. The molecule has 0 amide bonds. The minimum absolute atomic E-state index is 0.523. The van der Waals surface area contributed by atoms with E-state index in [0.717, 1.165) is 55.1 Å². The predicted molar refractivity (Wildman–Crippen MR) is 168 cm³/mol. The molecular weight excluding hydrogens is 518 g/mol. The molecule has 0 N–H and O–H groups in total. The van der Waals surface area contributed by atoms with Gasteiger partial charge in [0.05, 0.1) is 16.6 Å². The first kappa shape index (κ1) is 24.2. The van der Waals surface area contributed by atoms with Gasteiger partial charge in [0.25, 0.3) is 0 Å². The number of nitrogens with zero attached hydrogens (tertiary/aromatic N) is 5. The van der Waals surface area contributed by atoms with Gasteiger partial charge in [-0.25, -0.2) is 9.97 Å². The molecule has 0 aliphatic rings. The monoisotopic (exact) mass is 543 g/mol. The van der Waals surface area contributed by atoms with Gasteiger partial charge in [-0.05, 0) is 50.2 Å². The molecule has 42 heavy (non-hydrogen) atoms. The Labute approximate surface area is 242 Å². The number of aryl methyl sites for hydroxylation is 2. The van der Waals surface area contributed by atoms with Gasteiger partial charge in [0, 0.05) is 21.9 Å². The summed E-state index contributed by atoms with van der Waals surface area (Å²) in [5, 5.41) is 2.29. The van der Waals surface area contributed by atoms with E-state index in [4.69, 9.17) is 24.4 Å². The Balaban J connectivity index is 1.40.